The summed E-state index contributed by atoms with van der Waals surface area (Å²) in [5.41, 5.74) is 3.77. The standard InChI is InChI=1S/C25H24N2O3S2/c1-5-30-24(29)21-16(3)26-25-27(22(21)18-10-12-19(31-4)13-11-18)23(28)20(32-25)14-17-8-6-15(2)7-9-17/h6-14,22H,5H2,1-4H3/b20-14-/t22-/m0/s1. The number of benzene rings is 2. The molecule has 0 spiro atoms. The predicted octanol–water partition coefficient (Wildman–Crippen LogP) is 3.83. The number of carbonyl (C=O) groups excluding carboxylic acids is 1. The van der Waals surface area contributed by atoms with Gasteiger partial charge in [-0.05, 0) is 56.4 Å². The number of aryl methyl sites for hydroxylation is 1. The Morgan fingerprint density at radius 3 is 2.47 bits per heavy atom. The molecule has 0 unspecified atom stereocenters. The van der Waals surface area contributed by atoms with Crippen molar-refractivity contribution in [3.8, 4) is 0 Å². The molecule has 3 aromatic rings. The van der Waals surface area contributed by atoms with Gasteiger partial charge in [0.15, 0.2) is 4.80 Å². The van der Waals surface area contributed by atoms with E-state index in [1.54, 1.807) is 30.2 Å². The zero-order chi connectivity index (χ0) is 22.8. The molecule has 0 radical (unpaired) electrons. The normalized spacial score (nSPS) is 16.0. The van der Waals surface area contributed by atoms with Gasteiger partial charge in [-0.1, -0.05) is 53.3 Å². The molecule has 0 bridgehead atoms. The lowest BCUT2D eigenvalue weighted by molar-refractivity contribution is -0.139. The van der Waals surface area contributed by atoms with Gasteiger partial charge in [-0.15, -0.1) is 11.8 Å². The van der Waals surface area contributed by atoms with Crippen LogP contribution in [0.15, 0.2) is 74.5 Å². The van der Waals surface area contributed by atoms with E-state index < -0.39 is 12.0 Å². The van der Waals surface area contributed by atoms with E-state index in [-0.39, 0.29) is 12.2 Å². The number of aromatic nitrogens is 1. The molecule has 0 fully saturated rings. The lowest BCUT2D eigenvalue weighted by Gasteiger charge is -2.24. The second kappa shape index (κ2) is 9.30. The molecule has 0 saturated carbocycles. The van der Waals surface area contributed by atoms with Gasteiger partial charge in [0.25, 0.3) is 5.56 Å². The van der Waals surface area contributed by atoms with Gasteiger partial charge in [0, 0.05) is 4.90 Å². The summed E-state index contributed by atoms with van der Waals surface area (Å²) >= 11 is 2.98. The third-order valence-electron chi connectivity index (χ3n) is 5.32. The first-order chi connectivity index (χ1) is 15.4. The van der Waals surface area contributed by atoms with E-state index in [9.17, 15) is 9.59 Å². The third-order valence-corrected chi connectivity index (χ3v) is 7.05. The zero-order valence-corrected chi connectivity index (χ0v) is 20.0. The number of thiazole rings is 1. The minimum Gasteiger partial charge on any atom is -0.463 e. The molecule has 1 aliphatic heterocycles. The number of rotatable bonds is 5. The van der Waals surface area contributed by atoms with E-state index in [2.05, 4.69) is 4.99 Å². The molecule has 2 heterocycles. The first-order valence-corrected chi connectivity index (χ1v) is 12.4. The van der Waals surface area contributed by atoms with Crippen molar-refractivity contribution in [1.29, 1.82) is 0 Å². The van der Waals surface area contributed by atoms with Gasteiger partial charge in [0.05, 0.1) is 28.5 Å². The summed E-state index contributed by atoms with van der Waals surface area (Å²) in [6.45, 7) is 5.85. The highest BCUT2D eigenvalue weighted by Crippen LogP contribution is 2.31. The molecule has 32 heavy (non-hydrogen) atoms. The SMILES string of the molecule is CCOC(=O)C1=C(C)N=c2s/c(=C\c3ccc(C)cc3)c(=O)n2[C@H]1c1ccc(SC)cc1. The first-order valence-electron chi connectivity index (χ1n) is 10.3. The molecule has 5 nitrogen and oxygen atoms in total. The van der Waals surface area contributed by atoms with Gasteiger partial charge in [-0.3, -0.25) is 9.36 Å². The Bertz CT molecular complexity index is 1360. The van der Waals surface area contributed by atoms with Crippen LogP contribution in [0.2, 0.25) is 0 Å². The maximum Gasteiger partial charge on any atom is 0.338 e. The van der Waals surface area contributed by atoms with Crippen LogP contribution in [0.3, 0.4) is 0 Å². The fourth-order valence-electron chi connectivity index (χ4n) is 3.71. The summed E-state index contributed by atoms with van der Waals surface area (Å²) in [5.74, 6) is -0.444. The average molecular weight is 465 g/mol. The van der Waals surface area contributed by atoms with Crippen LogP contribution in [0, 0.1) is 6.92 Å². The van der Waals surface area contributed by atoms with E-state index in [0.29, 0.717) is 20.6 Å². The second-order valence-electron chi connectivity index (χ2n) is 7.49. The largest absolute Gasteiger partial charge is 0.463 e. The average Bonchev–Trinajstić information content (AvgIpc) is 3.09. The Kier molecular flexibility index (Phi) is 6.48. The molecule has 7 heteroatoms. The smallest absolute Gasteiger partial charge is 0.338 e. The molecule has 0 N–H and O–H groups in total. The number of thioether (sulfide) groups is 1. The van der Waals surface area contributed by atoms with Crippen LogP contribution >= 0.6 is 23.1 Å². The zero-order valence-electron chi connectivity index (χ0n) is 18.4. The summed E-state index contributed by atoms with van der Waals surface area (Å²) in [4.78, 5) is 32.7. The van der Waals surface area contributed by atoms with Crippen molar-refractivity contribution in [2.75, 3.05) is 12.9 Å². The van der Waals surface area contributed by atoms with E-state index in [0.717, 1.165) is 21.6 Å². The summed E-state index contributed by atoms with van der Waals surface area (Å²) in [6.07, 6.45) is 3.89. The van der Waals surface area contributed by atoms with E-state index >= 15 is 0 Å². The molecule has 0 amide bonds. The molecule has 0 aliphatic carbocycles. The summed E-state index contributed by atoms with van der Waals surface area (Å²) in [6, 6.07) is 15.4. The number of hydrogen-bond acceptors (Lipinski definition) is 6. The summed E-state index contributed by atoms with van der Waals surface area (Å²) < 4.78 is 7.54. The molecule has 0 saturated heterocycles. The molecule has 1 atom stereocenters. The second-order valence-corrected chi connectivity index (χ2v) is 9.37. The molecular weight excluding hydrogens is 440 g/mol. The summed E-state index contributed by atoms with van der Waals surface area (Å²) in [5, 5.41) is 0. The van der Waals surface area contributed by atoms with Gasteiger partial charge in [0.2, 0.25) is 0 Å². The number of allylic oxidation sites excluding steroid dienone is 1. The van der Waals surface area contributed by atoms with Gasteiger partial charge in [-0.25, -0.2) is 9.79 Å². The molecule has 1 aliphatic rings. The van der Waals surface area contributed by atoms with Crippen LogP contribution in [0.4, 0.5) is 0 Å². The Balaban J connectivity index is 1.93. The predicted molar refractivity (Wildman–Crippen MR) is 130 cm³/mol. The minimum atomic E-state index is -0.582. The molecule has 1 aromatic heterocycles. The van der Waals surface area contributed by atoms with E-state index in [1.165, 1.54) is 11.3 Å². The maximum absolute atomic E-state index is 13.5. The number of nitrogens with zero attached hydrogens (tertiary/aromatic N) is 2. The van der Waals surface area contributed by atoms with Crippen LogP contribution in [0.1, 0.15) is 36.6 Å². The highest BCUT2D eigenvalue weighted by atomic mass is 32.2. The number of ether oxygens (including phenoxy) is 1. The van der Waals surface area contributed by atoms with Crippen molar-refractivity contribution < 1.29 is 9.53 Å². The van der Waals surface area contributed by atoms with Gasteiger partial charge in [-0.2, -0.15) is 0 Å². The Morgan fingerprint density at radius 1 is 1.16 bits per heavy atom. The number of hydrogen-bond donors (Lipinski definition) is 0. The van der Waals surface area contributed by atoms with Gasteiger partial charge < -0.3 is 4.74 Å². The van der Waals surface area contributed by atoms with E-state index in [1.807, 2.05) is 67.8 Å². The topological polar surface area (TPSA) is 60.7 Å². The molecule has 164 valence electrons. The van der Waals surface area contributed by atoms with Crippen LogP contribution in [0.5, 0.6) is 0 Å². The molecule has 4 rings (SSSR count). The van der Waals surface area contributed by atoms with Crippen molar-refractivity contribution in [3.63, 3.8) is 0 Å². The molecule has 2 aromatic carbocycles. The maximum atomic E-state index is 13.5. The van der Waals surface area contributed by atoms with Crippen molar-refractivity contribution in [2.24, 2.45) is 4.99 Å². The number of carbonyl (C=O) groups is 1. The minimum absolute atomic E-state index is 0.164. The molecular formula is C25H24N2O3S2. The van der Waals surface area contributed by atoms with Crippen LogP contribution < -0.4 is 14.9 Å². The van der Waals surface area contributed by atoms with Crippen molar-refractivity contribution in [3.05, 3.63) is 96.2 Å². The van der Waals surface area contributed by atoms with Crippen LogP contribution in [-0.4, -0.2) is 23.4 Å². The van der Waals surface area contributed by atoms with Gasteiger partial charge >= 0.3 is 5.97 Å². The monoisotopic (exact) mass is 464 g/mol. The highest BCUT2D eigenvalue weighted by molar-refractivity contribution is 7.98. The highest BCUT2D eigenvalue weighted by Gasteiger charge is 2.33. The lowest BCUT2D eigenvalue weighted by Crippen LogP contribution is -2.39. The first kappa shape index (κ1) is 22.3. The van der Waals surface area contributed by atoms with Crippen LogP contribution in [0.25, 0.3) is 6.08 Å². The Hall–Kier alpha value is -2.90. The number of fused-ring (bicyclic) bond motifs is 1. The van der Waals surface area contributed by atoms with E-state index in [4.69, 9.17) is 4.74 Å². The number of esters is 1. The fraction of sp³-hybridized carbons (Fsp3) is 0.240. The Morgan fingerprint density at radius 2 is 1.84 bits per heavy atom. The lowest BCUT2D eigenvalue weighted by atomic mass is 9.96. The van der Waals surface area contributed by atoms with Gasteiger partial charge in [0.1, 0.15) is 0 Å². The third kappa shape index (κ3) is 4.23. The Labute approximate surface area is 194 Å². The van der Waals surface area contributed by atoms with Crippen molar-refractivity contribution >= 4 is 35.1 Å². The quantitative estimate of drug-likeness (QED) is 0.425. The summed E-state index contributed by atoms with van der Waals surface area (Å²) in [7, 11) is 0. The van der Waals surface area contributed by atoms with Crippen LogP contribution in [-0.2, 0) is 9.53 Å². The van der Waals surface area contributed by atoms with Crippen molar-refractivity contribution in [2.45, 2.75) is 31.7 Å². The fourth-order valence-corrected chi connectivity index (χ4v) is 5.16. The van der Waals surface area contributed by atoms with Crippen molar-refractivity contribution in [1.82, 2.24) is 4.57 Å².